The summed E-state index contributed by atoms with van der Waals surface area (Å²) in [5, 5.41) is 2.91. The maximum atomic E-state index is 12.9. The largest absolute Gasteiger partial charge is 0.349 e. The molecule has 1 aliphatic rings. The normalized spacial score (nSPS) is 18.9. The van der Waals surface area contributed by atoms with Gasteiger partial charge in [0, 0.05) is 19.0 Å². The quantitative estimate of drug-likeness (QED) is 0.914. The lowest BCUT2D eigenvalue weighted by Gasteiger charge is -2.30. The van der Waals surface area contributed by atoms with Crippen LogP contribution in [0.3, 0.4) is 0 Å². The Morgan fingerprint density at radius 3 is 2.32 bits per heavy atom. The van der Waals surface area contributed by atoms with E-state index in [9.17, 15) is 17.6 Å². The minimum atomic E-state index is -3.18. The van der Waals surface area contributed by atoms with E-state index in [0.717, 1.165) is 5.56 Å². The Morgan fingerprint density at radius 1 is 1.27 bits per heavy atom. The molecule has 5 nitrogen and oxygen atoms in total. The maximum absolute atomic E-state index is 12.9. The fourth-order valence-electron chi connectivity index (χ4n) is 2.62. The molecule has 1 atom stereocenters. The third-order valence-corrected chi connectivity index (χ3v) is 5.33. The Bertz CT molecular complexity index is 623. The van der Waals surface area contributed by atoms with E-state index in [1.807, 2.05) is 6.92 Å². The Hall–Kier alpha value is -1.47. The molecule has 1 aromatic carbocycles. The predicted molar refractivity (Wildman–Crippen MR) is 82.1 cm³/mol. The Kier molecular flexibility index (Phi) is 5.18. The summed E-state index contributed by atoms with van der Waals surface area (Å²) >= 11 is 0. The van der Waals surface area contributed by atoms with Gasteiger partial charge in [-0.1, -0.05) is 12.1 Å². The molecule has 1 saturated heterocycles. The van der Waals surface area contributed by atoms with Crippen molar-refractivity contribution in [3.63, 3.8) is 0 Å². The van der Waals surface area contributed by atoms with Crippen LogP contribution in [0.4, 0.5) is 4.39 Å². The summed E-state index contributed by atoms with van der Waals surface area (Å²) in [7, 11) is -3.18. The second-order valence-electron chi connectivity index (χ2n) is 5.72. The molecule has 0 bridgehead atoms. The van der Waals surface area contributed by atoms with Gasteiger partial charge in [-0.2, -0.15) is 0 Å². The van der Waals surface area contributed by atoms with Gasteiger partial charge in [0.2, 0.25) is 15.9 Å². The lowest BCUT2D eigenvalue weighted by atomic mass is 9.96. The number of nitrogens with one attached hydrogen (secondary N) is 1. The number of nitrogens with zero attached hydrogens (tertiary/aromatic N) is 1. The average molecular weight is 328 g/mol. The first kappa shape index (κ1) is 16.9. The van der Waals surface area contributed by atoms with Gasteiger partial charge in [-0.15, -0.1) is 0 Å². The Balaban J connectivity index is 1.89. The highest BCUT2D eigenvalue weighted by Gasteiger charge is 2.29. The number of sulfonamides is 1. The first-order chi connectivity index (χ1) is 10.3. The van der Waals surface area contributed by atoms with E-state index in [0.29, 0.717) is 25.9 Å². The van der Waals surface area contributed by atoms with Gasteiger partial charge in [-0.25, -0.2) is 17.1 Å². The number of halogens is 1. The standard InChI is InChI=1S/C15H21FN2O3S/c1-11(12-3-5-14(16)6-4-12)17-15(19)13-7-9-18(10-8-13)22(2,20)21/h3-6,11,13H,7-10H2,1-2H3,(H,17,19)/t11-/m1/s1. The summed E-state index contributed by atoms with van der Waals surface area (Å²) in [4.78, 5) is 12.3. The minimum absolute atomic E-state index is 0.0787. The molecule has 1 amide bonds. The van der Waals surface area contributed by atoms with Gasteiger partial charge >= 0.3 is 0 Å². The summed E-state index contributed by atoms with van der Waals surface area (Å²) in [6.07, 6.45) is 2.23. The molecule has 1 N–H and O–H groups in total. The van der Waals surface area contributed by atoms with Crippen LogP contribution in [-0.4, -0.2) is 38.0 Å². The maximum Gasteiger partial charge on any atom is 0.223 e. The van der Waals surface area contributed by atoms with Crippen molar-refractivity contribution >= 4 is 15.9 Å². The average Bonchev–Trinajstić information content (AvgIpc) is 2.47. The zero-order valence-corrected chi connectivity index (χ0v) is 13.6. The lowest BCUT2D eigenvalue weighted by molar-refractivity contribution is -0.126. The molecule has 122 valence electrons. The monoisotopic (exact) mass is 328 g/mol. The molecule has 1 heterocycles. The summed E-state index contributed by atoms with van der Waals surface area (Å²) in [6.45, 7) is 2.60. The topological polar surface area (TPSA) is 66.5 Å². The fraction of sp³-hybridized carbons (Fsp3) is 0.533. The number of carbonyl (C=O) groups excluding carboxylic acids is 1. The van der Waals surface area contributed by atoms with Gasteiger partial charge in [-0.3, -0.25) is 4.79 Å². The van der Waals surface area contributed by atoms with E-state index >= 15 is 0 Å². The van der Waals surface area contributed by atoms with Crippen molar-refractivity contribution in [2.24, 2.45) is 5.92 Å². The van der Waals surface area contributed by atoms with Crippen LogP contribution in [0, 0.1) is 11.7 Å². The van der Waals surface area contributed by atoms with E-state index in [-0.39, 0.29) is 23.7 Å². The van der Waals surface area contributed by atoms with E-state index < -0.39 is 10.0 Å². The molecule has 0 radical (unpaired) electrons. The molecule has 0 unspecified atom stereocenters. The third-order valence-electron chi connectivity index (χ3n) is 4.02. The number of hydrogen-bond acceptors (Lipinski definition) is 3. The van der Waals surface area contributed by atoms with Gasteiger partial charge in [0.15, 0.2) is 0 Å². The minimum Gasteiger partial charge on any atom is -0.349 e. The van der Waals surface area contributed by atoms with Crippen molar-refractivity contribution in [2.75, 3.05) is 19.3 Å². The highest BCUT2D eigenvalue weighted by Crippen LogP contribution is 2.21. The van der Waals surface area contributed by atoms with E-state index in [4.69, 9.17) is 0 Å². The zero-order valence-electron chi connectivity index (χ0n) is 12.8. The first-order valence-corrected chi connectivity index (χ1v) is 9.13. The van der Waals surface area contributed by atoms with Crippen molar-refractivity contribution in [3.8, 4) is 0 Å². The molecule has 0 aliphatic carbocycles. The molecule has 22 heavy (non-hydrogen) atoms. The second-order valence-corrected chi connectivity index (χ2v) is 7.70. The van der Waals surface area contributed by atoms with Crippen molar-refractivity contribution in [1.82, 2.24) is 9.62 Å². The van der Waals surface area contributed by atoms with Crippen molar-refractivity contribution in [3.05, 3.63) is 35.6 Å². The number of benzene rings is 1. The highest BCUT2D eigenvalue weighted by atomic mass is 32.2. The van der Waals surface area contributed by atoms with Gasteiger partial charge in [-0.05, 0) is 37.5 Å². The van der Waals surface area contributed by atoms with Crippen molar-refractivity contribution < 1.29 is 17.6 Å². The summed E-state index contributed by atoms with van der Waals surface area (Å²) in [5.74, 6) is -0.568. The summed E-state index contributed by atoms with van der Waals surface area (Å²) in [6, 6.07) is 5.81. The second kappa shape index (κ2) is 6.75. The van der Waals surface area contributed by atoms with E-state index in [1.165, 1.54) is 22.7 Å². The van der Waals surface area contributed by atoms with Crippen molar-refractivity contribution in [1.29, 1.82) is 0 Å². The lowest BCUT2D eigenvalue weighted by Crippen LogP contribution is -2.43. The molecule has 2 rings (SSSR count). The number of rotatable bonds is 4. The van der Waals surface area contributed by atoms with Crippen LogP contribution in [-0.2, 0) is 14.8 Å². The Labute approximate surface area is 130 Å². The molecular formula is C15H21FN2O3S. The highest BCUT2D eigenvalue weighted by molar-refractivity contribution is 7.88. The smallest absolute Gasteiger partial charge is 0.223 e. The Morgan fingerprint density at radius 2 is 1.82 bits per heavy atom. The summed E-state index contributed by atoms with van der Waals surface area (Å²) in [5.41, 5.74) is 0.836. The number of hydrogen-bond donors (Lipinski definition) is 1. The van der Waals surface area contributed by atoms with Crippen LogP contribution in [0.1, 0.15) is 31.4 Å². The molecule has 7 heteroatoms. The van der Waals surface area contributed by atoms with Crippen LogP contribution >= 0.6 is 0 Å². The molecule has 0 spiro atoms. The molecule has 1 aliphatic heterocycles. The molecule has 0 aromatic heterocycles. The number of piperidine rings is 1. The molecular weight excluding hydrogens is 307 g/mol. The molecule has 1 fully saturated rings. The van der Waals surface area contributed by atoms with Crippen molar-refractivity contribution in [2.45, 2.75) is 25.8 Å². The van der Waals surface area contributed by atoms with Gasteiger partial charge in [0.25, 0.3) is 0 Å². The van der Waals surface area contributed by atoms with Gasteiger partial charge in [0.05, 0.1) is 12.3 Å². The summed E-state index contributed by atoms with van der Waals surface area (Å²) < 4.78 is 37.2. The third kappa shape index (κ3) is 4.27. The number of carbonyl (C=O) groups is 1. The van der Waals surface area contributed by atoms with Crippen LogP contribution in [0.25, 0.3) is 0 Å². The first-order valence-electron chi connectivity index (χ1n) is 7.28. The van der Waals surface area contributed by atoms with E-state index in [1.54, 1.807) is 12.1 Å². The predicted octanol–water partition coefficient (Wildman–Crippen LogP) is 1.67. The SMILES string of the molecule is C[C@@H](NC(=O)C1CCN(S(C)(=O)=O)CC1)c1ccc(F)cc1. The van der Waals surface area contributed by atoms with Gasteiger partial charge in [0.1, 0.15) is 5.82 Å². The molecule has 0 saturated carbocycles. The van der Waals surface area contributed by atoms with Crippen LogP contribution in [0.2, 0.25) is 0 Å². The van der Waals surface area contributed by atoms with Crippen LogP contribution in [0.15, 0.2) is 24.3 Å². The van der Waals surface area contributed by atoms with E-state index in [2.05, 4.69) is 5.32 Å². The zero-order chi connectivity index (χ0) is 16.3. The fourth-order valence-corrected chi connectivity index (χ4v) is 3.49. The molecule has 1 aromatic rings. The number of amides is 1. The van der Waals surface area contributed by atoms with Crippen LogP contribution < -0.4 is 5.32 Å². The van der Waals surface area contributed by atoms with Gasteiger partial charge < -0.3 is 5.32 Å². The van der Waals surface area contributed by atoms with Crippen LogP contribution in [0.5, 0.6) is 0 Å².